The van der Waals surface area contributed by atoms with Crippen LogP contribution in [0.3, 0.4) is 0 Å². The number of ether oxygens (including phenoxy) is 1. The highest BCUT2D eigenvalue weighted by Gasteiger charge is 2.63. The molecule has 2 bridgehead atoms. The molecule has 3 heteroatoms. The fourth-order valence-electron chi connectivity index (χ4n) is 2.82. The van der Waals surface area contributed by atoms with Crippen LogP contribution in [0, 0.1) is 12.0 Å². The van der Waals surface area contributed by atoms with Gasteiger partial charge in [-0.25, -0.2) is 6.57 Å². The molecule has 2 aliphatic carbocycles. The predicted octanol–water partition coefficient (Wildman–Crippen LogP) is 1.78. The maximum Gasteiger partial charge on any atom is 0.312 e. The first-order valence-electron chi connectivity index (χ1n) is 4.64. The molecule has 0 aliphatic heterocycles. The van der Waals surface area contributed by atoms with E-state index in [1.807, 2.05) is 0 Å². The van der Waals surface area contributed by atoms with Crippen LogP contribution in [0.4, 0.5) is 0 Å². The van der Waals surface area contributed by atoms with Crippen LogP contribution in [0.25, 0.3) is 4.85 Å². The van der Waals surface area contributed by atoms with E-state index in [0.717, 1.165) is 32.1 Å². The van der Waals surface area contributed by atoms with Crippen molar-refractivity contribution in [2.45, 2.75) is 37.6 Å². The van der Waals surface area contributed by atoms with Crippen molar-refractivity contribution in [2.24, 2.45) is 5.41 Å². The van der Waals surface area contributed by atoms with Gasteiger partial charge in [0.25, 0.3) is 0 Å². The Labute approximate surface area is 77.9 Å². The maximum atomic E-state index is 11.5. The van der Waals surface area contributed by atoms with Crippen molar-refractivity contribution in [3.8, 4) is 0 Å². The van der Waals surface area contributed by atoms with E-state index in [0.29, 0.717) is 0 Å². The molecule has 70 valence electrons. The molecule has 0 aromatic carbocycles. The largest absolute Gasteiger partial charge is 0.469 e. The average molecular weight is 179 g/mol. The lowest BCUT2D eigenvalue weighted by atomic mass is 9.84. The van der Waals surface area contributed by atoms with Crippen LogP contribution in [-0.2, 0) is 9.53 Å². The van der Waals surface area contributed by atoms with Crippen LogP contribution in [0.1, 0.15) is 32.1 Å². The zero-order chi connectivity index (χ0) is 9.53. The fourth-order valence-corrected chi connectivity index (χ4v) is 2.82. The van der Waals surface area contributed by atoms with Gasteiger partial charge in [-0.05, 0) is 12.8 Å². The van der Waals surface area contributed by atoms with E-state index in [9.17, 15) is 4.79 Å². The molecule has 3 nitrogen and oxygen atoms in total. The quantitative estimate of drug-likeness (QED) is 0.453. The average Bonchev–Trinajstić information content (AvgIpc) is 2.74. The molecule has 0 saturated heterocycles. The van der Waals surface area contributed by atoms with Gasteiger partial charge < -0.3 is 9.58 Å². The van der Waals surface area contributed by atoms with Gasteiger partial charge in [0, 0.05) is 19.3 Å². The number of nitrogens with zero attached hydrogens (tertiary/aromatic N) is 1. The Morgan fingerprint density at radius 1 is 1.38 bits per heavy atom. The third-order valence-corrected chi connectivity index (χ3v) is 3.66. The Hall–Kier alpha value is -1.04. The summed E-state index contributed by atoms with van der Waals surface area (Å²) >= 11 is 0. The van der Waals surface area contributed by atoms with Crippen LogP contribution in [0.5, 0.6) is 0 Å². The minimum absolute atomic E-state index is 0.101. The Morgan fingerprint density at radius 3 is 2.38 bits per heavy atom. The smallest absolute Gasteiger partial charge is 0.312 e. The highest BCUT2D eigenvalue weighted by molar-refractivity contribution is 5.78. The highest BCUT2D eigenvalue weighted by Crippen LogP contribution is 2.58. The summed E-state index contributed by atoms with van der Waals surface area (Å²) in [6.07, 6.45) is 4.19. The van der Waals surface area contributed by atoms with Crippen molar-refractivity contribution >= 4 is 5.97 Å². The van der Waals surface area contributed by atoms with Gasteiger partial charge in [0.2, 0.25) is 5.54 Å². The lowest BCUT2D eigenvalue weighted by molar-refractivity contribution is -0.152. The number of hydrogen-bond donors (Lipinski definition) is 0. The van der Waals surface area contributed by atoms with Crippen molar-refractivity contribution < 1.29 is 9.53 Å². The number of rotatable bonds is 1. The molecule has 2 saturated carbocycles. The van der Waals surface area contributed by atoms with Gasteiger partial charge in [-0.2, -0.15) is 0 Å². The Kier molecular flexibility index (Phi) is 1.63. The van der Waals surface area contributed by atoms with Crippen LogP contribution >= 0.6 is 0 Å². The summed E-state index contributed by atoms with van der Waals surface area (Å²) in [6.45, 7) is 7.13. The molecular formula is C10H13NO2. The summed E-state index contributed by atoms with van der Waals surface area (Å²) in [5, 5.41) is 0. The van der Waals surface area contributed by atoms with Crippen LogP contribution in [-0.4, -0.2) is 18.6 Å². The molecule has 0 radical (unpaired) electrons. The fraction of sp³-hybridized carbons (Fsp3) is 0.800. The number of carbonyl (C=O) groups is 1. The van der Waals surface area contributed by atoms with Crippen LogP contribution in [0.2, 0.25) is 0 Å². The second-order valence-corrected chi connectivity index (χ2v) is 4.28. The topological polar surface area (TPSA) is 30.7 Å². The molecule has 13 heavy (non-hydrogen) atoms. The van der Waals surface area contributed by atoms with E-state index < -0.39 is 0 Å². The first kappa shape index (κ1) is 8.55. The molecular weight excluding hydrogens is 166 g/mol. The molecule has 2 fully saturated rings. The van der Waals surface area contributed by atoms with Crippen molar-refractivity contribution in [1.29, 1.82) is 0 Å². The standard InChI is InChI=1S/C10H13NO2/c1-11-10-5-3-9(7-10,4-6-10)8(12)13-2/h3-7H2,2H3. The normalized spacial score (nSPS) is 41.5. The van der Waals surface area contributed by atoms with Gasteiger partial charge in [0.05, 0.1) is 12.5 Å². The van der Waals surface area contributed by atoms with Crippen LogP contribution in [0.15, 0.2) is 0 Å². The number of carbonyl (C=O) groups excluding carboxylic acids is 1. The van der Waals surface area contributed by atoms with E-state index in [2.05, 4.69) is 4.85 Å². The lowest BCUT2D eigenvalue weighted by Gasteiger charge is -2.21. The first-order chi connectivity index (χ1) is 6.16. The minimum atomic E-state index is -0.292. The summed E-state index contributed by atoms with van der Waals surface area (Å²) < 4.78 is 4.80. The van der Waals surface area contributed by atoms with Crippen molar-refractivity contribution in [3.05, 3.63) is 11.4 Å². The Morgan fingerprint density at radius 2 is 2.00 bits per heavy atom. The molecule has 0 aromatic rings. The van der Waals surface area contributed by atoms with Gasteiger partial charge >= 0.3 is 5.97 Å². The van der Waals surface area contributed by atoms with E-state index in [1.165, 1.54) is 7.11 Å². The van der Waals surface area contributed by atoms with Gasteiger partial charge in [-0.15, -0.1) is 0 Å². The molecule has 2 rings (SSSR count). The Balaban J connectivity index is 2.24. The maximum absolute atomic E-state index is 11.5. The summed E-state index contributed by atoms with van der Waals surface area (Å²) in [7, 11) is 1.44. The monoisotopic (exact) mass is 179 g/mol. The summed E-state index contributed by atoms with van der Waals surface area (Å²) in [5.41, 5.74) is -0.506. The van der Waals surface area contributed by atoms with E-state index in [-0.39, 0.29) is 16.9 Å². The molecule has 0 amide bonds. The SMILES string of the molecule is [C-]#[N+]C12CCC(C(=O)OC)(CC1)C2. The number of methoxy groups -OCH3 is 1. The second-order valence-electron chi connectivity index (χ2n) is 4.28. The molecule has 2 aliphatic rings. The van der Waals surface area contributed by atoms with E-state index in [1.54, 1.807) is 0 Å². The molecule has 0 heterocycles. The van der Waals surface area contributed by atoms with E-state index >= 15 is 0 Å². The molecule has 0 spiro atoms. The lowest BCUT2D eigenvalue weighted by Crippen LogP contribution is -2.27. The number of esters is 1. The molecule has 0 aromatic heterocycles. The predicted molar refractivity (Wildman–Crippen MR) is 46.9 cm³/mol. The summed E-state index contributed by atoms with van der Waals surface area (Å²) in [4.78, 5) is 15.2. The van der Waals surface area contributed by atoms with Crippen molar-refractivity contribution in [1.82, 2.24) is 0 Å². The molecule has 0 atom stereocenters. The number of fused-ring (bicyclic) bond motifs is 2. The van der Waals surface area contributed by atoms with Gasteiger partial charge in [-0.1, -0.05) is 0 Å². The molecule has 0 unspecified atom stereocenters. The minimum Gasteiger partial charge on any atom is -0.469 e. The first-order valence-corrected chi connectivity index (χ1v) is 4.64. The molecule has 0 N–H and O–H groups in total. The second kappa shape index (κ2) is 2.47. The summed E-state index contributed by atoms with van der Waals surface area (Å²) in [5.74, 6) is -0.101. The van der Waals surface area contributed by atoms with Gasteiger partial charge in [0.15, 0.2) is 0 Å². The van der Waals surface area contributed by atoms with Crippen molar-refractivity contribution in [3.63, 3.8) is 0 Å². The summed E-state index contributed by atoms with van der Waals surface area (Å²) in [6, 6.07) is 0. The zero-order valence-corrected chi connectivity index (χ0v) is 7.80. The highest BCUT2D eigenvalue weighted by atomic mass is 16.5. The van der Waals surface area contributed by atoms with E-state index in [4.69, 9.17) is 11.3 Å². The van der Waals surface area contributed by atoms with Gasteiger partial charge in [-0.3, -0.25) is 4.79 Å². The third-order valence-electron chi connectivity index (χ3n) is 3.66. The van der Waals surface area contributed by atoms with Crippen molar-refractivity contribution in [2.75, 3.05) is 7.11 Å². The Bertz CT molecular complexity index is 282. The van der Waals surface area contributed by atoms with Crippen LogP contribution < -0.4 is 0 Å². The third kappa shape index (κ3) is 0.980. The number of hydrogen-bond acceptors (Lipinski definition) is 2. The zero-order valence-electron chi connectivity index (χ0n) is 7.80. The van der Waals surface area contributed by atoms with Gasteiger partial charge in [0.1, 0.15) is 0 Å².